The van der Waals surface area contributed by atoms with Crippen molar-refractivity contribution in [2.45, 2.75) is 6.18 Å². The molecule has 1 amide bonds. The van der Waals surface area contributed by atoms with Crippen LogP contribution in [0.25, 0.3) is 0 Å². The molecule has 138 valence electrons. The van der Waals surface area contributed by atoms with Crippen LogP contribution in [0.5, 0.6) is 0 Å². The third-order valence-electron chi connectivity index (χ3n) is 4.33. The van der Waals surface area contributed by atoms with Crippen molar-refractivity contribution in [2.24, 2.45) is 0 Å². The largest absolute Gasteiger partial charge is 0.471 e. The highest BCUT2D eigenvalue weighted by Crippen LogP contribution is 2.54. The number of amides is 1. The second-order valence-corrected chi connectivity index (χ2v) is 9.46. The first-order chi connectivity index (χ1) is 12.9. The highest BCUT2D eigenvalue weighted by molar-refractivity contribution is 7.95. The number of alkyl halides is 3. The summed E-state index contributed by atoms with van der Waals surface area (Å²) in [6, 6.07) is 28.2. The molecule has 0 unspecified atom stereocenters. The molecule has 0 aliphatic carbocycles. The monoisotopic (exact) mass is 388 g/mol. The first-order valence-electron chi connectivity index (χ1n) is 8.34. The summed E-state index contributed by atoms with van der Waals surface area (Å²) in [4.78, 5) is 11.6. The molecule has 0 heterocycles. The molecule has 0 fully saturated rings. The molecular formula is C21H18F3NOP+. The number of carbonyl (C=O) groups is 1. The van der Waals surface area contributed by atoms with Crippen molar-refractivity contribution in [1.82, 2.24) is 5.32 Å². The maximum absolute atomic E-state index is 12.8. The molecule has 3 aromatic carbocycles. The van der Waals surface area contributed by atoms with Gasteiger partial charge in [-0.1, -0.05) is 54.6 Å². The van der Waals surface area contributed by atoms with Crippen LogP contribution in [0.15, 0.2) is 91.0 Å². The molecule has 0 aromatic heterocycles. The zero-order valence-electron chi connectivity index (χ0n) is 14.4. The molecule has 0 aliphatic rings. The summed E-state index contributed by atoms with van der Waals surface area (Å²) in [5.41, 5.74) is 0. The van der Waals surface area contributed by atoms with E-state index in [4.69, 9.17) is 0 Å². The van der Waals surface area contributed by atoms with E-state index >= 15 is 0 Å². The standard InChI is InChI=1S/C21H17F3NOP/c22-21(23,24)20(26)25-16-27(17-10-4-1-5-11-17,18-12-6-2-7-13-18)19-14-8-3-9-15-19/h1-15H,16H2/p+1. The first-order valence-corrected chi connectivity index (χ1v) is 10.3. The van der Waals surface area contributed by atoms with Crippen molar-refractivity contribution in [3.63, 3.8) is 0 Å². The van der Waals surface area contributed by atoms with Gasteiger partial charge in [0.05, 0.1) is 0 Å². The van der Waals surface area contributed by atoms with Gasteiger partial charge in [0.15, 0.2) is 0 Å². The highest BCUT2D eigenvalue weighted by Gasteiger charge is 2.48. The molecule has 0 atom stereocenters. The van der Waals surface area contributed by atoms with Crippen molar-refractivity contribution in [1.29, 1.82) is 0 Å². The third kappa shape index (κ3) is 4.04. The molecule has 27 heavy (non-hydrogen) atoms. The lowest BCUT2D eigenvalue weighted by Crippen LogP contribution is -2.43. The summed E-state index contributed by atoms with van der Waals surface area (Å²) in [6.07, 6.45) is -5.02. The molecule has 0 bridgehead atoms. The molecular weight excluding hydrogens is 370 g/mol. The van der Waals surface area contributed by atoms with E-state index in [1.807, 2.05) is 91.0 Å². The fraction of sp³-hybridized carbons (Fsp3) is 0.0952. The minimum Gasteiger partial charge on any atom is -0.315 e. The number of benzene rings is 3. The van der Waals surface area contributed by atoms with Gasteiger partial charge in [-0.3, -0.25) is 4.79 Å². The van der Waals surface area contributed by atoms with Crippen LogP contribution < -0.4 is 21.2 Å². The molecule has 0 spiro atoms. The maximum atomic E-state index is 12.8. The van der Waals surface area contributed by atoms with Gasteiger partial charge < -0.3 is 5.32 Å². The van der Waals surface area contributed by atoms with Crippen molar-refractivity contribution in [2.75, 3.05) is 6.29 Å². The predicted octanol–water partition coefficient (Wildman–Crippen LogP) is 3.62. The van der Waals surface area contributed by atoms with Gasteiger partial charge in [0.2, 0.25) is 0 Å². The average Bonchev–Trinajstić information content (AvgIpc) is 2.70. The van der Waals surface area contributed by atoms with Crippen LogP contribution in [0.1, 0.15) is 0 Å². The van der Waals surface area contributed by atoms with Crippen molar-refractivity contribution >= 4 is 29.1 Å². The van der Waals surface area contributed by atoms with Crippen LogP contribution in [-0.4, -0.2) is 18.4 Å². The van der Waals surface area contributed by atoms with E-state index in [2.05, 4.69) is 5.32 Å². The van der Waals surface area contributed by atoms with E-state index < -0.39 is 19.3 Å². The van der Waals surface area contributed by atoms with E-state index in [1.165, 1.54) is 0 Å². The van der Waals surface area contributed by atoms with Gasteiger partial charge in [0.1, 0.15) is 29.5 Å². The smallest absolute Gasteiger partial charge is 0.315 e. The number of carbonyl (C=O) groups excluding carboxylic acids is 1. The fourth-order valence-electron chi connectivity index (χ4n) is 3.06. The molecule has 2 nitrogen and oxygen atoms in total. The van der Waals surface area contributed by atoms with Gasteiger partial charge in [-0.25, -0.2) is 0 Å². The Kier molecular flexibility index (Phi) is 5.62. The summed E-state index contributed by atoms with van der Waals surface area (Å²) in [7, 11) is -2.51. The van der Waals surface area contributed by atoms with Gasteiger partial charge in [0.25, 0.3) is 0 Å². The number of nitrogens with one attached hydrogen (secondary N) is 1. The Morgan fingerprint density at radius 3 is 1.33 bits per heavy atom. The Hall–Kier alpha value is -2.65. The topological polar surface area (TPSA) is 29.1 Å². The van der Waals surface area contributed by atoms with Crippen molar-refractivity contribution in [3.05, 3.63) is 91.0 Å². The van der Waals surface area contributed by atoms with Gasteiger partial charge in [-0.15, -0.1) is 0 Å². The van der Waals surface area contributed by atoms with Crippen LogP contribution in [0.2, 0.25) is 0 Å². The fourth-order valence-corrected chi connectivity index (χ4v) is 6.93. The van der Waals surface area contributed by atoms with E-state index in [9.17, 15) is 18.0 Å². The summed E-state index contributed by atoms with van der Waals surface area (Å²) in [6.45, 7) is 0. The number of hydrogen-bond donors (Lipinski definition) is 1. The van der Waals surface area contributed by atoms with E-state index in [-0.39, 0.29) is 6.29 Å². The molecule has 0 aliphatic heterocycles. The van der Waals surface area contributed by atoms with Crippen molar-refractivity contribution in [3.8, 4) is 0 Å². The Balaban J connectivity index is 2.18. The second kappa shape index (κ2) is 7.93. The summed E-state index contributed by atoms with van der Waals surface area (Å²) >= 11 is 0. The lowest BCUT2D eigenvalue weighted by molar-refractivity contribution is -0.173. The maximum Gasteiger partial charge on any atom is 0.471 e. The van der Waals surface area contributed by atoms with E-state index in [0.29, 0.717) is 0 Å². The van der Waals surface area contributed by atoms with Gasteiger partial charge in [-0.2, -0.15) is 13.2 Å². The summed E-state index contributed by atoms with van der Waals surface area (Å²) in [5.74, 6) is -1.92. The number of halogens is 3. The van der Waals surface area contributed by atoms with Crippen LogP contribution in [0, 0.1) is 0 Å². The molecule has 0 saturated carbocycles. The SMILES string of the molecule is O=C(NC[P+](c1ccccc1)(c1ccccc1)c1ccccc1)C(F)(F)F. The van der Waals surface area contributed by atoms with Crippen LogP contribution >= 0.6 is 7.26 Å². The summed E-state index contributed by atoms with van der Waals surface area (Å²) in [5, 5.41) is 4.87. The predicted molar refractivity (Wildman–Crippen MR) is 104 cm³/mol. The van der Waals surface area contributed by atoms with E-state index in [0.717, 1.165) is 15.9 Å². The lowest BCUT2D eigenvalue weighted by atomic mass is 10.4. The Morgan fingerprint density at radius 2 is 1.04 bits per heavy atom. The van der Waals surface area contributed by atoms with Crippen LogP contribution in [0.4, 0.5) is 13.2 Å². The highest BCUT2D eigenvalue weighted by atomic mass is 31.2. The second-order valence-electron chi connectivity index (χ2n) is 5.98. The van der Waals surface area contributed by atoms with Crippen LogP contribution in [0.3, 0.4) is 0 Å². The van der Waals surface area contributed by atoms with Gasteiger partial charge >= 0.3 is 12.1 Å². The summed E-state index contributed by atoms with van der Waals surface area (Å²) < 4.78 is 38.5. The van der Waals surface area contributed by atoms with Gasteiger partial charge in [-0.05, 0) is 36.4 Å². The zero-order chi connectivity index (χ0) is 19.3. The zero-order valence-corrected chi connectivity index (χ0v) is 15.3. The van der Waals surface area contributed by atoms with Crippen LogP contribution in [-0.2, 0) is 4.79 Å². The van der Waals surface area contributed by atoms with Gasteiger partial charge in [0, 0.05) is 0 Å². The minimum atomic E-state index is -4.92. The minimum absolute atomic E-state index is 0.108. The third-order valence-corrected chi connectivity index (χ3v) is 8.50. The number of hydrogen-bond acceptors (Lipinski definition) is 1. The molecule has 0 radical (unpaired) electrons. The molecule has 0 saturated heterocycles. The average molecular weight is 388 g/mol. The molecule has 3 rings (SSSR count). The molecule has 6 heteroatoms. The normalized spacial score (nSPS) is 11.8. The molecule has 3 aromatic rings. The Labute approximate surface area is 156 Å². The van der Waals surface area contributed by atoms with Crippen molar-refractivity contribution < 1.29 is 18.0 Å². The molecule has 1 N–H and O–H groups in total. The quantitative estimate of drug-likeness (QED) is 0.665. The first kappa shape index (κ1) is 19.1. The van der Waals surface area contributed by atoms with E-state index in [1.54, 1.807) is 0 Å². The lowest BCUT2D eigenvalue weighted by Gasteiger charge is -2.27. The Morgan fingerprint density at radius 1 is 0.704 bits per heavy atom. The number of rotatable bonds is 5. The Bertz CT molecular complexity index is 787.